The molecule has 1 fully saturated rings. The van der Waals surface area contributed by atoms with Crippen LogP contribution in [0.25, 0.3) is 39.1 Å². The van der Waals surface area contributed by atoms with Crippen molar-refractivity contribution in [2.24, 2.45) is 0 Å². The number of fused-ring (bicyclic) bond motifs is 8. The number of benzene rings is 6. The summed E-state index contributed by atoms with van der Waals surface area (Å²) in [5.74, 6) is 2.09. The van der Waals surface area contributed by atoms with Crippen molar-refractivity contribution in [2.75, 3.05) is 64.7 Å². The average molecular weight is 940 g/mol. The molecule has 0 radical (unpaired) electrons. The van der Waals surface area contributed by atoms with Crippen LogP contribution in [0.2, 0.25) is 0 Å². The van der Waals surface area contributed by atoms with Gasteiger partial charge in [0.1, 0.15) is 30.5 Å². The Morgan fingerprint density at radius 2 is 1.40 bits per heavy atom. The summed E-state index contributed by atoms with van der Waals surface area (Å²) in [6.45, 7) is 16.2. The molecule has 9 rings (SSSR count). The molecule has 0 aromatic heterocycles. The fourth-order valence-electron chi connectivity index (χ4n) is 11.2. The highest BCUT2D eigenvalue weighted by Gasteiger charge is 2.48. The number of hydrogen-bond donors (Lipinski definition) is 0. The number of nitrogens with zero attached hydrogens (tertiary/aromatic N) is 1. The van der Waals surface area contributed by atoms with Crippen LogP contribution in [0.3, 0.4) is 0 Å². The van der Waals surface area contributed by atoms with Gasteiger partial charge in [0.25, 0.3) is 0 Å². The Morgan fingerprint density at radius 3 is 2.07 bits per heavy atom. The fraction of sp³-hybridized carbons (Fsp3) is 0.371. The molecule has 0 spiro atoms. The van der Waals surface area contributed by atoms with E-state index in [0.29, 0.717) is 38.6 Å². The van der Waals surface area contributed by atoms with Crippen molar-refractivity contribution in [1.82, 2.24) is 0 Å². The third-order valence-electron chi connectivity index (χ3n) is 14.5. The van der Waals surface area contributed by atoms with Crippen LogP contribution in [0, 0.1) is 0 Å². The van der Waals surface area contributed by atoms with E-state index in [4.69, 9.17) is 28.4 Å². The second kappa shape index (κ2) is 21.7. The second-order valence-electron chi connectivity index (χ2n) is 19.1. The molecule has 1 atom stereocenters. The molecule has 6 aromatic carbocycles. The van der Waals surface area contributed by atoms with Crippen LogP contribution >= 0.6 is 0 Å². The maximum atomic E-state index is 11.6. The molecule has 1 unspecified atom stereocenters. The van der Waals surface area contributed by atoms with Crippen LogP contribution in [0.5, 0.6) is 17.2 Å². The SMILES string of the molecule is C=C(C)C(=O)OCCOCCOCCOc1ccc(C2(c3ccccc3)C=Cc3c4c(c5cc(N6CCCCC6)c(OC)cc5c3O2)-c2ccc(-c3ccc(CC)cc3)cc2C4(CCC)CCC)cc1. The van der Waals surface area contributed by atoms with E-state index in [0.717, 1.165) is 90.2 Å². The van der Waals surface area contributed by atoms with E-state index < -0.39 is 11.6 Å². The molecule has 8 nitrogen and oxygen atoms in total. The number of esters is 1. The summed E-state index contributed by atoms with van der Waals surface area (Å²) in [5, 5.41) is 2.27. The summed E-state index contributed by atoms with van der Waals surface area (Å²) in [6, 6.07) is 40.0. The molecule has 8 heteroatoms. The van der Waals surface area contributed by atoms with E-state index in [9.17, 15) is 4.79 Å². The van der Waals surface area contributed by atoms with E-state index in [-0.39, 0.29) is 12.0 Å². The zero-order valence-corrected chi connectivity index (χ0v) is 41.9. The first-order valence-electron chi connectivity index (χ1n) is 25.6. The molecular weight excluding hydrogens is 871 g/mol. The van der Waals surface area contributed by atoms with Crippen LogP contribution < -0.4 is 19.1 Å². The first-order valence-corrected chi connectivity index (χ1v) is 25.6. The summed E-state index contributed by atoms with van der Waals surface area (Å²) >= 11 is 0. The zero-order valence-electron chi connectivity index (χ0n) is 41.9. The minimum Gasteiger partial charge on any atom is -0.495 e. The average Bonchev–Trinajstić information content (AvgIpc) is 3.68. The van der Waals surface area contributed by atoms with Gasteiger partial charge in [0.2, 0.25) is 0 Å². The number of carbonyl (C=O) groups excluding carboxylic acids is 1. The zero-order chi connectivity index (χ0) is 48.7. The topological polar surface area (TPSA) is 75.7 Å². The lowest BCUT2D eigenvalue weighted by Crippen LogP contribution is -2.35. The molecular formula is C62H69NO7. The van der Waals surface area contributed by atoms with Gasteiger partial charge in [-0.05, 0) is 126 Å². The van der Waals surface area contributed by atoms with Gasteiger partial charge >= 0.3 is 5.97 Å². The molecule has 2 heterocycles. The lowest BCUT2D eigenvalue weighted by Gasteiger charge is -2.40. The number of methoxy groups -OCH3 is 1. The van der Waals surface area contributed by atoms with Crippen molar-refractivity contribution in [3.63, 3.8) is 0 Å². The van der Waals surface area contributed by atoms with Gasteiger partial charge in [0.15, 0.2) is 5.60 Å². The standard InChI is InChI=1S/C62H69NO7/c1-7-29-61(30-8-2)54-40-46(45-20-18-44(9-3)19-21-45)22-27-50(54)57-52-41-55(63-32-14-11-15-33-63)56(65-6)42-53(52)59-51(58(57)61)28-31-62(70-59,47-16-12-10-13-17-47)48-23-25-49(26-24-48)68-38-36-66-34-35-67-37-39-69-60(64)43(4)5/h10,12-13,16-28,31,40-42H,4,7-9,11,14-15,29-30,32-39H2,1-3,5-6H3. The summed E-state index contributed by atoms with van der Waals surface area (Å²) in [5.41, 5.74) is 12.9. The minimum absolute atomic E-state index is 0.181. The van der Waals surface area contributed by atoms with Crippen LogP contribution in [-0.4, -0.2) is 65.8 Å². The Hall–Kier alpha value is -6.35. The number of carbonyl (C=O) groups is 1. The Bertz CT molecular complexity index is 2820. The number of aryl methyl sites for hydroxylation is 1. The van der Waals surface area contributed by atoms with Gasteiger partial charge in [-0.2, -0.15) is 0 Å². The van der Waals surface area contributed by atoms with Crippen LogP contribution in [0.1, 0.15) is 106 Å². The molecule has 1 saturated heterocycles. The first kappa shape index (κ1) is 48.7. The summed E-state index contributed by atoms with van der Waals surface area (Å²) in [4.78, 5) is 14.1. The largest absolute Gasteiger partial charge is 0.495 e. The normalized spacial score (nSPS) is 16.6. The molecule has 0 N–H and O–H groups in total. The highest BCUT2D eigenvalue weighted by atomic mass is 16.6. The summed E-state index contributed by atoms with van der Waals surface area (Å²) < 4.78 is 36.7. The molecule has 70 heavy (non-hydrogen) atoms. The number of anilines is 1. The summed E-state index contributed by atoms with van der Waals surface area (Å²) in [7, 11) is 1.81. The van der Waals surface area contributed by atoms with Crippen LogP contribution in [0.15, 0.2) is 127 Å². The predicted octanol–water partition coefficient (Wildman–Crippen LogP) is 13.8. The number of piperidine rings is 1. The first-order chi connectivity index (χ1) is 34.2. The molecule has 1 aliphatic carbocycles. The Balaban J connectivity index is 1.11. The fourth-order valence-corrected chi connectivity index (χ4v) is 11.2. The van der Waals surface area contributed by atoms with Gasteiger partial charge in [-0.1, -0.05) is 125 Å². The van der Waals surface area contributed by atoms with Gasteiger partial charge < -0.3 is 33.3 Å². The molecule has 0 saturated carbocycles. The van der Waals surface area contributed by atoms with Crippen molar-refractivity contribution in [2.45, 2.75) is 90.1 Å². The molecule has 3 aliphatic rings. The van der Waals surface area contributed by atoms with Gasteiger partial charge in [-0.25, -0.2) is 4.79 Å². The smallest absolute Gasteiger partial charge is 0.333 e. The van der Waals surface area contributed by atoms with E-state index in [1.807, 2.05) is 12.1 Å². The van der Waals surface area contributed by atoms with Crippen molar-refractivity contribution >= 4 is 28.5 Å². The van der Waals surface area contributed by atoms with E-state index in [1.165, 1.54) is 63.6 Å². The maximum absolute atomic E-state index is 11.6. The monoisotopic (exact) mass is 940 g/mol. The molecule has 0 amide bonds. The van der Waals surface area contributed by atoms with Gasteiger partial charge in [0, 0.05) is 46.2 Å². The van der Waals surface area contributed by atoms with Gasteiger partial charge in [-0.3, -0.25) is 0 Å². The second-order valence-corrected chi connectivity index (χ2v) is 19.1. The van der Waals surface area contributed by atoms with Crippen molar-refractivity contribution < 1.29 is 33.2 Å². The Labute approximate surface area is 415 Å². The number of rotatable bonds is 21. The van der Waals surface area contributed by atoms with E-state index in [1.54, 1.807) is 14.0 Å². The van der Waals surface area contributed by atoms with Gasteiger partial charge in [0.05, 0.1) is 39.2 Å². The lowest BCUT2D eigenvalue weighted by molar-refractivity contribution is -0.140. The lowest BCUT2D eigenvalue weighted by atomic mass is 9.69. The third kappa shape index (κ3) is 9.48. The van der Waals surface area contributed by atoms with Crippen LogP contribution in [0.4, 0.5) is 5.69 Å². The number of ether oxygens (including phenoxy) is 6. The van der Waals surface area contributed by atoms with Crippen molar-refractivity contribution in [1.29, 1.82) is 0 Å². The van der Waals surface area contributed by atoms with Crippen LogP contribution in [-0.2, 0) is 36.4 Å². The maximum Gasteiger partial charge on any atom is 0.333 e. The van der Waals surface area contributed by atoms with Crippen molar-refractivity contribution in [3.05, 3.63) is 161 Å². The van der Waals surface area contributed by atoms with Gasteiger partial charge in [-0.15, -0.1) is 0 Å². The molecule has 2 aliphatic heterocycles. The molecule has 364 valence electrons. The van der Waals surface area contributed by atoms with Crippen molar-refractivity contribution in [3.8, 4) is 39.5 Å². The summed E-state index contributed by atoms with van der Waals surface area (Å²) in [6.07, 6.45) is 13.4. The highest BCUT2D eigenvalue weighted by Crippen LogP contribution is 2.62. The predicted molar refractivity (Wildman–Crippen MR) is 284 cm³/mol. The van der Waals surface area contributed by atoms with E-state index >= 15 is 0 Å². The Morgan fingerprint density at radius 1 is 0.729 bits per heavy atom. The Kier molecular flexibility index (Phi) is 15.1. The highest BCUT2D eigenvalue weighted by molar-refractivity contribution is 6.10. The minimum atomic E-state index is -0.944. The number of hydrogen-bond acceptors (Lipinski definition) is 8. The quantitative estimate of drug-likeness (QED) is 0.0401. The third-order valence-corrected chi connectivity index (χ3v) is 14.5. The molecule has 0 bridgehead atoms. The molecule has 6 aromatic rings. The van der Waals surface area contributed by atoms with E-state index in [2.05, 4.69) is 141 Å².